The van der Waals surface area contributed by atoms with Crippen LogP contribution in [0.3, 0.4) is 0 Å². The SMILES string of the molecule is CCc1cc(Nc2ncc(Br)c(Nc3ccc(-c4cnn(CC)c4)cc3P(C)(C)=O)n2)c(OC)cc1N1CCC(N2CCN(C)CC2)CC1. The van der Waals surface area contributed by atoms with E-state index in [-0.39, 0.29) is 0 Å². The molecule has 4 aromatic rings. The van der Waals surface area contributed by atoms with Crippen LogP contribution in [0.15, 0.2) is 53.4 Å². The lowest BCUT2D eigenvalue weighted by atomic mass is 9.99. The molecule has 0 amide bonds. The molecule has 2 aromatic carbocycles. The number of piperazine rings is 1. The van der Waals surface area contributed by atoms with Crippen LogP contribution in [0, 0.1) is 0 Å². The van der Waals surface area contributed by atoms with Gasteiger partial charge in [0.1, 0.15) is 18.7 Å². The first-order valence-electron chi connectivity index (χ1n) is 17.2. The fourth-order valence-corrected chi connectivity index (χ4v) is 8.28. The number of benzene rings is 2. The van der Waals surface area contributed by atoms with Gasteiger partial charge < -0.3 is 29.7 Å². The predicted molar refractivity (Wildman–Crippen MR) is 205 cm³/mol. The van der Waals surface area contributed by atoms with E-state index in [1.807, 2.05) is 35.3 Å². The molecule has 0 atom stereocenters. The summed E-state index contributed by atoms with van der Waals surface area (Å²) in [6.07, 6.45) is 8.81. The number of piperidine rings is 1. The van der Waals surface area contributed by atoms with Crippen molar-refractivity contribution in [2.45, 2.75) is 45.7 Å². The third kappa shape index (κ3) is 8.14. The first-order chi connectivity index (χ1) is 23.6. The highest BCUT2D eigenvalue weighted by Gasteiger charge is 2.28. The molecule has 11 nitrogen and oxygen atoms in total. The van der Waals surface area contributed by atoms with E-state index in [1.165, 1.54) is 37.2 Å². The Labute approximate surface area is 298 Å². The zero-order chi connectivity index (χ0) is 34.7. The van der Waals surface area contributed by atoms with E-state index >= 15 is 0 Å². The van der Waals surface area contributed by atoms with Gasteiger partial charge in [-0.1, -0.05) is 13.0 Å². The van der Waals surface area contributed by atoms with Gasteiger partial charge in [-0.15, -0.1) is 0 Å². The Kier molecular flexibility index (Phi) is 11.0. The van der Waals surface area contributed by atoms with Crippen molar-refractivity contribution in [1.29, 1.82) is 0 Å². The fourth-order valence-electron chi connectivity index (χ4n) is 6.83. The molecule has 0 aliphatic carbocycles. The molecule has 262 valence electrons. The average Bonchev–Trinajstić information content (AvgIpc) is 3.59. The molecule has 2 fully saturated rings. The zero-order valence-corrected chi connectivity index (χ0v) is 32.0. The summed E-state index contributed by atoms with van der Waals surface area (Å²) in [5, 5.41) is 12.0. The van der Waals surface area contributed by atoms with E-state index in [0.29, 0.717) is 22.3 Å². The molecule has 2 N–H and O–H groups in total. The molecular weight excluding hydrogens is 701 g/mol. The first kappa shape index (κ1) is 35.4. The van der Waals surface area contributed by atoms with Crippen LogP contribution in [-0.2, 0) is 17.5 Å². The predicted octanol–water partition coefficient (Wildman–Crippen LogP) is 6.64. The van der Waals surface area contributed by atoms with Gasteiger partial charge >= 0.3 is 0 Å². The van der Waals surface area contributed by atoms with Crippen molar-refractivity contribution in [3.63, 3.8) is 0 Å². The molecule has 49 heavy (non-hydrogen) atoms. The molecule has 2 aromatic heterocycles. The highest BCUT2D eigenvalue weighted by atomic mass is 79.9. The largest absolute Gasteiger partial charge is 0.494 e. The second-order valence-corrected chi connectivity index (χ2v) is 17.4. The smallest absolute Gasteiger partial charge is 0.229 e. The van der Waals surface area contributed by atoms with Crippen molar-refractivity contribution >= 4 is 57.2 Å². The van der Waals surface area contributed by atoms with Crippen LogP contribution in [0.1, 0.15) is 32.3 Å². The molecule has 2 aliphatic heterocycles. The van der Waals surface area contributed by atoms with Gasteiger partial charge in [0.15, 0.2) is 0 Å². The number of nitrogens with one attached hydrogen (secondary N) is 2. The third-order valence-corrected chi connectivity index (χ3v) is 11.9. The monoisotopic (exact) mass is 749 g/mol. The molecule has 2 saturated heterocycles. The van der Waals surface area contributed by atoms with Gasteiger partial charge in [-0.2, -0.15) is 10.1 Å². The minimum atomic E-state index is -2.66. The number of aromatic nitrogens is 4. The molecule has 0 radical (unpaired) electrons. The average molecular weight is 751 g/mol. The lowest BCUT2D eigenvalue weighted by Crippen LogP contribution is -2.52. The summed E-state index contributed by atoms with van der Waals surface area (Å²) < 4.78 is 22.0. The second kappa shape index (κ2) is 15.2. The van der Waals surface area contributed by atoms with Crippen molar-refractivity contribution < 1.29 is 9.30 Å². The summed E-state index contributed by atoms with van der Waals surface area (Å²) >= 11 is 3.62. The minimum absolute atomic E-state index is 0.424. The quantitative estimate of drug-likeness (QED) is 0.162. The van der Waals surface area contributed by atoms with E-state index < -0.39 is 7.14 Å². The van der Waals surface area contributed by atoms with E-state index in [0.717, 1.165) is 72.7 Å². The van der Waals surface area contributed by atoms with Crippen molar-refractivity contribution in [2.24, 2.45) is 0 Å². The van der Waals surface area contributed by atoms with Crippen molar-refractivity contribution in [1.82, 2.24) is 29.5 Å². The first-order valence-corrected chi connectivity index (χ1v) is 20.6. The molecule has 13 heteroatoms. The zero-order valence-electron chi connectivity index (χ0n) is 29.5. The number of aryl methyl sites for hydroxylation is 2. The summed E-state index contributed by atoms with van der Waals surface area (Å²) in [6, 6.07) is 11.0. The van der Waals surface area contributed by atoms with Crippen LogP contribution >= 0.6 is 23.1 Å². The number of anilines is 5. The molecule has 0 bridgehead atoms. The van der Waals surface area contributed by atoms with E-state index in [9.17, 15) is 4.57 Å². The van der Waals surface area contributed by atoms with Crippen LogP contribution < -0.4 is 25.6 Å². The fraction of sp³-hybridized carbons (Fsp3) is 0.472. The van der Waals surface area contributed by atoms with E-state index in [1.54, 1.807) is 26.6 Å². The van der Waals surface area contributed by atoms with Crippen molar-refractivity contribution in [3.8, 4) is 16.9 Å². The van der Waals surface area contributed by atoms with Crippen molar-refractivity contribution in [3.05, 3.63) is 59.0 Å². The summed E-state index contributed by atoms with van der Waals surface area (Å²) in [7, 11) is 1.26. The molecule has 0 spiro atoms. The highest BCUT2D eigenvalue weighted by molar-refractivity contribution is 9.10. The Bertz CT molecular complexity index is 1810. The molecule has 4 heterocycles. The molecular formula is C36H49BrN9O2P. The maximum absolute atomic E-state index is 13.5. The van der Waals surface area contributed by atoms with Gasteiger partial charge in [0.25, 0.3) is 0 Å². The highest BCUT2D eigenvalue weighted by Crippen LogP contribution is 2.41. The van der Waals surface area contributed by atoms with Crippen LogP contribution in [0.25, 0.3) is 11.1 Å². The Morgan fingerprint density at radius 1 is 0.959 bits per heavy atom. The molecule has 6 rings (SSSR count). The number of ether oxygens (including phenoxy) is 1. The number of nitrogens with zero attached hydrogens (tertiary/aromatic N) is 7. The molecule has 0 saturated carbocycles. The lowest BCUT2D eigenvalue weighted by molar-refractivity contribution is 0.0982. The number of likely N-dealkylation sites (N-methyl/N-ethyl adjacent to an activating group) is 1. The summed E-state index contributed by atoms with van der Waals surface area (Å²) in [5.41, 5.74) is 5.99. The standard InChI is InChI=1S/C36H49BrN9O2P/c1-7-25-19-31(33(48-4)21-32(25)45-13-11-28(12-14-45)44-17-15-43(3)16-18-44)41-36-38-23-29(37)35(42-36)40-30-10-9-26(20-34(30)49(5,6)47)27-22-39-46(8-2)24-27/h9-10,19-24,28H,7-8,11-18H2,1-6H3,(H2,38,40,41,42). The summed E-state index contributed by atoms with van der Waals surface area (Å²) in [5.74, 6) is 1.73. The van der Waals surface area contributed by atoms with Gasteiger partial charge in [-0.25, -0.2) is 4.98 Å². The molecule has 2 aliphatic rings. The maximum Gasteiger partial charge on any atom is 0.229 e. The normalized spacial score (nSPS) is 16.6. The van der Waals surface area contributed by atoms with Crippen LogP contribution in [0.4, 0.5) is 28.8 Å². The van der Waals surface area contributed by atoms with Gasteiger partial charge in [0.05, 0.1) is 29.2 Å². The number of hydrogen-bond acceptors (Lipinski definition) is 10. The summed E-state index contributed by atoms with van der Waals surface area (Å²) in [4.78, 5) is 17.0. The topological polar surface area (TPSA) is 104 Å². The number of methoxy groups -OCH3 is 1. The Morgan fingerprint density at radius 2 is 1.71 bits per heavy atom. The number of hydrogen-bond donors (Lipinski definition) is 2. The van der Waals surface area contributed by atoms with Gasteiger partial charge in [-0.3, -0.25) is 9.58 Å². The van der Waals surface area contributed by atoms with E-state index in [4.69, 9.17) is 9.72 Å². The van der Waals surface area contributed by atoms with Gasteiger partial charge in [0, 0.05) is 86.9 Å². The maximum atomic E-state index is 13.5. The molecule has 0 unspecified atom stereocenters. The van der Waals surface area contributed by atoms with Crippen LogP contribution in [0.2, 0.25) is 0 Å². The summed E-state index contributed by atoms with van der Waals surface area (Å²) in [6.45, 7) is 15.3. The number of rotatable bonds is 11. The van der Waals surface area contributed by atoms with Gasteiger partial charge in [-0.05, 0) is 91.8 Å². The van der Waals surface area contributed by atoms with Crippen LogP contribution in [-0.4, -0.2) is 102 Å². The van der Waals surface area contributed by atoms with Crippen molar-refractivity contribution in [2.75, 3.05) is 82.3 Å². The Balaban J connectivity index is 1.21. The Hall–Kier alpha value is -3.44. The minimum Gasteiger partial charge on any atom is -0.494 e. The van der Waals surface area contributed by atoms with Crippen LogP contribution in [0.5, 0.6) is 5.75 Å². The number of halogens is 1. The van der Waals surface area contributed by atoms with E-state index in [2.05, 4.69) is 84.4 Å². The third-order valence-electron chi connectivity index (χ3n) is 9.75. The second-order valence-electron chi connectivity index (χ2n) is 13.4. The Morgan fingerprint density at radius 3 is 2.37 bits per heavy atom. The van der Waals surface area contributed by atoms with Gasteiger partial charge in [0.2, 0.25) is 5.95 Å². The lowest BCUT2D eigenvalue weighted by Gasteiger charge is -2.43.